The van der Waals surface area contributed by atoms with Crippen molar-refractivity contribution in [2.75, 3.05) is 13.1 Å². The molecule has 182 valence electrons. The molecule has 1 aliphatic rings. The predicted octanol–water partition coefficient (Wildman–Crippen LogP) is 1.61. The van der Waals surface area contributed by atoms with Crippen molar-refractivity contribution in [3.63, 3.8) is 0 Å². The van der Waals surface area contributed by atoms with Gasteiger partial charge in [0.15, 0.2) is 5.75 Å². The van der Waals surface area contributed by atoms with Crippen LogP contribution in [0.3, 0.4) is 0 Å². The third kappa shape index (κ3) is 5.30. The Balaban J connectivity index is 2.11. The van der Waals surface area contributed by atoms with E-state index in [2.05, 4.69) is 5.32 Å². The van der Waals surface area contributed by atoms with Crippen molar-refractivity contribution in [2.24, 2.45) is 5.92 Å². The van der Waals surface area contributed by atoms with Crippen LogP contribution in [0.2, 0.25) is 0 Å². The molecular weight excluding hydrogens is 463 g/mol. The van der Waals surface area contributed by atoms with Gasteiger partial charge in [0, 0.05) is 6.54 Å². The first-order valence-electron chi connectivity index (χ1n) is 10.1. The molecule has 3 rings (SSSR count). The van der Waals surface area contributed by atoms with Gasteiger partial charge in [0.25, 0.3) is 17.4 Å². The number of amides is 2. The molecule has 34 heavy (non-hydrogen) atoms. The molecule has 0 saturated heterocycles. The van der Waals surface area contributed by atoms with Crippen LogP contribution >= 0.6 is 0 Å². The lowest BCUT2D eigenvalue weighted by atomic mass is 10.1. The summed E-state index contributed by atoms with van der Waals surface area (Å²) < 4.78 is 39.1. The Morgan fingerprint density at radius 3 is 2.12 bits per heavy atom. The van der Waals surface area contributed by atoms with Crippen molar-refractivity contribution in [3.8, 4) is 17.3 Å². The van der Waals surface area contributed by atoms with Gasteiger partial charge in [-0.05, 0) is 36.6 Å². The number of aromatic hydroxyl groups is 2. The second-order valence-electron chi connectivity index (χ2n) is 7.67. The summed E-state index contributed by atoms with van der Waals surface area (Å²) >= 11 is 0. The molecule has 1 fully saturated rings. The van der Waals surface area contributed by atoms with Gasteiger partial charge in [0.05, 0.1) is 11.3 Å². The first-order chi connectivity index (χ1) is 15.9. The van der Waals surface area contributed by atoms with E-state index in [-0.39, 0.29) is 12.2 Å². The number of nitrogens with zero attached hydrogens (tertiary/aromatic N) is 1. The topological polar surface area (TPSA) is 158 Å². The van der Waals surface area contributed by atoms with Crippen LogP contribution in [0, 0.1) is 5.92 Å². The van der Waals surface area contributed by atoms with Crippen LogP contribution in [0.5, 0.6) is 11.6 Å². The number of rotatable bonds is 8. The average molecular weight is 483 g/mol. The zero-order valence-electron chi connectivity index (χ0n) is 17.5. The van der Waals surface area contributed by atoms with Gasteiger partial charge >= 0.3 is 12.1 Å². The first kappa shape index (κ1) is 24.6. The van der Waals surface area contributed by atoms with Gasteiger partial charge < -0.3 is 26.0 Å². The van der Waals surface area contributed by atoms with E-state index in [9.17, 15) is 42.6 Å². The summed E-state index contributed by atoms with van der Waals surface area (Å²) in [4.78, 5) is 48.9. The molecule has 1 aromatic carbocycles. The minimum atomic E-state index is -4.69. The van der Waals surface area contributed by atoms with E-state index in [1.807, 2.05) is 5.32 Å². The number of carbonyl (C=O) groups is 3. The molecule has 1 aliphatic carbocycles. The number of carbonyl (C=O) groups excluding carboxylic acids is 2. The van der Waals surface area contributed by atoms with E-state index < -0.39 is 64.4 Å². The Morgan fingerprint density at radius 2 is 1.59 bits per heavy atom. The quantitative estimate of drug-likeness (QED) is 0.382. The Kier molecular flexibility index (Phi) is 6.84. The highest BCUT2D eigenvalue weighted by Crippen LogP contribution is 2.33. The summed E-state index contributed by atoms with van der Waals surface area (Å²) in [6.45, 7) is -0.760. The fraction of sp³-hybridized carbons (Fsp3) is 0.333. The molecule has 5 N–H and O–H groups in total. The van der Waals surface area contributed by atoms with Crippen LogP contribution in [0.15, 0.2) is 29.1 Å². The monoisotopic (exact) mass is 483 g/mol. The Hall–Kier alpha value is -4.03. The molecule has 2 amide bonds. The molecule has 1 heterocycles. The third-order valence-electron chi connectivity index (χ3n) is 5.17. The van der Waals surface area contributed by atoms with Crippen molar-refractivity contribution < 1.29 is 42.9 Å². The molecule has 2 aromatic rings. The maximum absolute atomic E-state index is 13.0. The number of carboxylic acids is 1. The maximum atomic E-state index is 13.0. The molecule has 13 heteroatoms. The highest BCUT2D eigenvalue weighted by Gasteiger charge is 2.32. The smallest absolute Gasteiger partial charge is 0.416 e. The lowest BCUT2D eigenvalue weighted by Crippen LogP contribution is -2.36. The second-order valence-corrected chi connectivity index (χ2v) is 7.67. The fourth-order valence-corrected chi connectivity index (χ4v) is 3.23. The van der Waals surface area contributed by atoms with Gasteiger partial charge in [0.1, 0.15) is 17.7 Å². The van der Waals surface area contributed by atoms with Crippen LogP contribution in [0.1, 0.15) is 45.5 Å². The van der Waals surface area contributed by atoms with Crippen molar-refractivity contribution in [1.29, 1.82) is 0 Å². The van der Waals surface area contributed by atoms with Crippen molar-refractivity contribution in [1.82, 2.24) is 15.2 Å². The summed E-state index contributed by atoms with van der Waals surface area (Å²) in [6, 6.07) is 2.89. The molecule has 0 aliphatic heterocycles. The minimum Gasteiger partial charge on any atom is -0.506 e. The molecule has 0 radical (unpaired) electrons. The van der Waals surface area contributed by atoms with Gasteiger partial charge in [-0.15, -0.1) is 0 Å². The van der Waals surface area contributed by atoms with Crippen LogP contribution < -0.4 is 16.2 Å². The number of aliphatic carboxylic acids is 1. The van der Waals surface area contributed by atoms with Crippen molar-refractivity contribution in [3.05, 3.63) is 51.3 Å². The Labute approximate surface area is 189 Å². The Morgan fingerprint density at radius 1 is 1.00 bits per heavy atom. The molecule has 1 aromatic heterocycles. The standard InChI is InChI=1S/C21H20F3N3O7/c22-21(23,24)11-3-5-12(6-4-11)27-19(33)14(17(31)25-8-7-10-1-2-10)16(30)15(20(27)34)18(32)26-9-13(28)29/h3-6,10,30,34H,1-2,7-9H2,(H,25,31)(H,26,32)(H,28,29). The van der Waals surface area contributed by atoms with Crippen molar-refractivity contribution >= 4 is 17.8 Å². The molecule has 0 bridgehead atoms. The lowest BCUT2D eigenvalue weighted by molar-refractivity contribution is -0.138. The molecule has 0 atom stereocenters. The minimum absolute atomic E-state index is 0.157. The van der Waals surface area contributed by atoms with E-state index in [0.717, 1.165) is 25.0 Å². The summed E-state index contributed by atoms with van der Waals surface area (Å²) in [5.41, 5.74) is -4.62. The van der Waals surface area contributed by atoms with Crippen molar-refractivity contribution in [2.45, 2.75) is 25.4 Å². The summed E-state index contributed by atoms with van der Waals surface area (Å²) in [5.74, 6) is -5.82. The van der Waals surface area contributed by atoms with Gasteiger partial charge in [-0.25, -0.2) is 4.57 Å². The first-order valence-corrected chi connectivity index (χ1v) is 10.1. The zero-order valence-corrected chi connectivity index (χ0v) is 17.5. The number of hydrogen-bond acceptors (Lipinski definition) is 6. The molecule has 10 nitrogen and oxygen atoms in total. The average Bonchev–Trinajstić information content (AvgIpc) is 3.56. The summed E-state index contributed by atoms with van der Waals surface area (Å²) in [7, 11) is 0. The van der Waals surface area contributed by atoms with E-state index in [1.54, 1.807) is 0 Å². The number of alkyl halides is 3. The summed E-state index contributed by atoms with van der Waals surface area (Å²) in [5, 5.41) is 34.1. The summed E-state index contributed by atoms with van der Waals surface area (Å²) in [6.07, 6.45) is -2.08. The largest absolute Gasteiger partial charge is 0.506 e. The normalized spacial score (nSPS) is 13.4. The van der Waals surface area contributed by atoms with Gasteiger partial charge in [0.2, 0.25) is 5.88 Å². The molecule has 1 saturated carbocycles. The van der Waals surface area contributed by atoms with Gasteiger partial charge in [-0.1, -0.05) is 12.8 Å². The highest BCUT2D eigenvalue weighted by atomic mass is 19.4. The molecule has 0 unspecified atom stereocenters. The number of aromatic nitrogens is 1. The number of pyridine rings is 1. The van der Waals surface area contributed by atoms with Crippen LogP contribution in [0.4, 0.5) is 13.2 Å². The SMILES string of the molecule is O=C(O)CNC(=O)c1c(O)c(C(=O)NCCC2CC2)c(=O)n(-c2ccc(C(F)(F)F)cc2)c1O. The van der Waals surface area contributed by atoms with Crippen LogP contribution in [0.25, 0.3) is 5.69 Å². The van der Waals surface area contributed by atoms with E-state index in [0.29, 0.717) is 29.0 Å². The number of nitrogens with one attached hydrogen (secondary N) is 2. The highest BCUT2D eigenvalue weighted by molar-refractivity contribution is 6.05. The number of benzene rings is 1. The van der Waals surface area contributed by atoms with Crippen LogP contribution in [-0.4, -0.2) is 50.8 Å². The number of carboxylic acid groups (broad SMARTS) is 1. The van der Waals surface area contributed by atoms with E-state index >= 15 is 0 Å². The van der Waals surface area contributed by atoms with Gasteiger partial charge in [-0.3, -0.25) is 19.2 Å². The maximum Gasteiger partial charge on any atom is 0.416 e. The lowest BCUT2D eigenvalue weighted by Gasteiger charge is -2.17. The van der Waals surface area contributed by atoms with Crippen LogP contribution in [-0.2, 0) is 11.0 Å². The Bertz CT molecular complexity index is 1190. The van der Waals surface area contributed by atoms with E-state index in [1.165, 1.54) is 0 Å². The number of hydrogen-bond donors (Lipinski definition) is 5. The second kappa shape index (κ2) is 9.45. The molecule has 0 spiro atoms. The third-order valence-corrected chi connectivity index (χ3v) is 5.17. The fourth-order valence-electron chi connectivity index (χ4n) is 3.23. The van der Waals surface area contributed by atoms with Gasteiger partial charge in [-0.2, -0.15) is 13.2 Å². The number of halogens is 3. The molecular formula is C21H20F3N3O7. The predicted molar refractivity (Wildman–Crippen MR) is 110 cm³/mol. The van der Waals surface area contributed by atoms with E-state index in [4.69, 9.17) is 5.11 Å². The zero-order chi connectivity index (χ0) is 25.2.